The molecule has 2 aliphatic rings. The zero-order chi connectivity index (χ0) is 32.0. The summed E-state index contributed by atoms with van der Waals surface area (Å²) >= 11 is 0. The van der Waals surface area contributed by atoms with Crippen LogP contribution in [0.25, 0.3) is 0 Å². The minimum Gasteiger partial charge on any atom is -0.392 e. The van der Waals surface area contributed by atoms with E-state index >= 15 is 0 Å². The number of piperazine rings is 1. The Labute approximate surface area is 266 Å². The van der Waals surface area contributed by atoms with Crippen LogP contribution in [0.4, 0.5) is 0 Å². The largest absolute Gasteiger partial charge is 0.392 e. The van der Waals surface area contributed by atoms with Gasteiger partial charge in [0.25, 0.3) is 0 Å². The van der Waals surface area contributed by atoms with E-state index in [1.807, 2.05) is 93.7 Å². The average Bonchev–Trinajstić information content (AvgIpc) is 3.32. The number of β-amino-alcohol motifs (C(OH)–C–C–N with tert-alkyl or cyclic N) is 1. The number of fused-ring (bicyclic) bond motifs is 1. The van der Waals surface area contributed by atoms with Gasteiger partial charge in [-0.2, -0.15) is 0 Å². The van der Waals surface area contributed by atoms with Crippen molar-refractivity contribution >= 4 is 11.8 Å². The molecule has 240 valence electrons. The molecule has 1 aromatic heterocycles. The number of aliphatic hydroxyl groups is 2. The maximum absolute atomic E-state index is 13.8. The predicted octanol–water partition coefficient (Wildman–Crippen LogP) is 2.87. The highest BCUT2D eigenvalue weighted by atomic mass is 16.3. The van der Waals surface area contributed by atoms with E-state index in [0.717, 1.165) is 28.8 Å². The summed E-state index contributed by atoms with van der Waals surface area (Å²) in [5.74, 6) is -0.781. The Hall–Kier alpha value is -3.63. The van der Waals surface area contributed by atoms with E-state index < -0.39 is 35.7 Å². The first kappa shape index (κ1) is 32.8. The molecule has 1 fully saturated rings. The van der Waals surface area contributed by atoms with Crippen molar-refractivity contribution in [1.82, 2.24) is 25.4 Å². The summed E-state index contributed by atoms with van der Waals surface area (Å²) in [4.78, 5) is 35.9. The van der Waals surface area contributed by atoms with Crippen LogP contribution < -0.4 is 10.6 Å². The third-order valence-electron chi connectivity index (χ3n) is 8.70. The number of hydrogen-bond acceptors (Lipinski definition) is 7. The molecule has 0 radical (unpaired) electrons. The minimum absolute atomic E-state index is 0.0712. The molecule has 9 heteroatoms. The molecule has 2 heterocycles. The lowest BCUT2D eigenvalue weighted by Crippen LogP contribution is -2.61. The number of benzene rings is 2. The molecule has 5 atom stereocenters. The van der Waals surface area contributed by atoms with Crippen LogP contribution in [0.5, 0.6) is 0 Å². The van der Waals surface area contributed by atoms with Crippen molar-refractivity contribution in [2.75, 3.05) is 26.2 Å². The van der Waals surface area contributed by atoms with Gasteiger partial charge in [0.1, 0.15) is 6.04 Å². The molecule has 5 rings (SSSR count). The SMILES string of the molecule is CC(C)(C)NC(=O)[C@@H]1CN(Cc2cccnc2)CCN1C[C@@H](O)C[C@@H](Cc1ccccc1)C(=O)NC1c2ccccc2C[C@@H]1O. The van der Waals surface area contributed by atoms with Crippen LogP contribution in [-0.4, -0.2) is 86.8 Å². The fraction of sp³-hybridized carbons (Fsp3) is 0.472. The molecular formula is C36H47N5O4. The average molecular weight is 614 g/mol. The number of aromatic nitrogens is 1. The number of nitrogens with one attached hydrogen (secondary N) is 2. The molecule has 9 nitrogen and oxygen atoms in total. The highest BCUT2D eigenvalue weighted by molar-refractivity contribution is 5.83. The zero-order valence-corrected chi connectivity index (χ0v) is 26.6. The molecule has 2 aromatic carbocycles. The molecule has 3 aromatic rings. The third kappa shape index (κ3) is 8.98. The monoisotopic (exact) mass is 613 g/mol. The molecule has 1 unspecified atom stereocenters. The van der Waals surface area contributed by atoms with Crippen molar-refractivity contribution < 1.29 is 19.8 Å². The van der Waals surface area contributed by atoms with Crippen LogP contribution in [-0.2, 0) is 29.0 Å². The quantitative estimate of drug-likeness (QED) is 0.263. The van der Waals surface area contributed by atoms with Gasteiger partial charge in [-0.15, -0.1) is 0 Å². The van der Waals surface area contributed by atoms with Crippen LogP contribution >= 0.6 is 0 Å². The normalized spacial score (nSPS) is 21.9. The number of hydrogen-bond donors (Lipinski definition) is 4. The van der Waals surface area contributed by atoms with E-state index in [-0.39, 0.29) is 24.8 Å². The second kappa shape index (κ2) is 14.6. The minimum atomic E-state index is -0.833. The van der Waals surface area contributed by atoms with E-state index in [0.29, 0.717) is 32.5 Å². The van der Waals surface area contributed by atoms with Crippen molar-refractivity contribution in [2.45, 2.75) is 76.4 Å². The van der Waals surface area contributed by atoms with Gasteiger partial charge in [0.2, 0.25) is 11.8 Å². The fourth-order valence-electron chi connectivity index (χ4n) is 6.56. The number of carbonyl (C=O) groups excluding carboxylic acids is 2. The number of aliphatic hydroxyl groups excluding tert-OH is 2. The van der Waals surface area contributed by atoms with E-state index in [1.54, 1.807) is 6.20 Å². The Bertz CT molecular complexity index is 1410. The van der Waals surface area contributed by atoms with Gasteiger partial charge >= 0.3 is 0 Å². The van der Waals surface area contributed by atoms with Gasteiger partial charge in [-0.1, -0.05) is 60.7 Å². The first-order chi connectivity index (χ1) is 21.6. The number of nitrogens with zero attached hydrogens (tertiary/aromatic N) is 3. The summed E-state index contributed by atoms with van der Waals surface area (Å²) in [6.07, 6.45) is 3.26. The number of rotatable bonds is 11. The van der Waals surface area contributed by atoms with Gasteiger partial charge < -0.3 is 20.8 Å². The summed E-state index contributed by atoms with van der Waals surface area (Å²) in [6.45, 7) is 8.74. The molecule has 1 saturated heterocycles. The Balaban J connectivity index is 1.29. The molecule has 1 aliphatic carbocycles. The van der Waals surface area contributed by atoms with Crippen LogP contribution in [0.3, 0.4) is 0 Å². The molecule has 0 saturated carbocycles. The standard InChI is InChI=1S/C36H47N5O4/c1-36(2,3)39-35(45)31-24-40(22-26-12-9-15-37-21-26)16-17-41(31)23-29(42)19-28(18-25-10-5-4-6-11-25)34(44)38-33-30-14-8-7-13-27(30)20-32(33)43/h4-15,21,28-29,31-33,42-43H,16-20,22-24H2,1-3H3,(H,38,44)(H,39,45)/t28-,29+,31+,32+,33?/m1/s1. The lowest BCUT2D eigenvalue weighted by molar-refractivity contribution is -0.132. The first-order valence-corrected chi connectivity index (χ1v) is 16.0. The van der Waals surface area contributed by atoms with Crippen molar-refractivity contribution in [3.05, 3.63) is 101 Å². The Kier molecular flexibility index (Phi) is 10.7. The Morgan fingerprint density at radius 3 is 2.47 bits per heavy atom. The van der Waals surface area contributed by atoms with Gasteiger partial charge in [-0.25, -0.2) is 0 Å². The van der Waals surface area contributed by atoms with Gasteiger partial charge in [-0.3, -0.25) is 24.4 Å². The van der Waals surface area contributed by atoms with Crippen LogP contribution in [0, 0.1) is 5.92 Å². The maximum Gasteiger partial charge on any atom is 0.239 e. The maximum atomic E-state index is 13.8. The Morgan fingerprint density at radius 1 is 1.00 bits per heavy atom. The number of carbonyl (C=O) groups is 2. The van der Waals surface area contributed by atoms with E-state index in [1.165, 1.54) is 0 Å². The summed E-state index contributed by atoms with van der Waals surface area (Å²) in [5, 5.41) is 28.5. The van der Waals surface area contributed by atoms with Gasteiger partial charge in [0.15, 0.2) is 0 Å². The van der Waals surface area contributed by atoms with E-state index in [4.69, 9.17) is 0 Å². The third-order valence-corrected chi connectivity index (χ3v) is 8.70. The van der Waals surface area contributed by atoms with Gasteiger partial charge in [0.05, 0.1) is 18.2 Å². The van der Waals surface area contributed by atoms with Crippen molar-refractivity contribution in [3.8, 4) is 0 Å². The summed E-state index contributed by atoms with van der Waals surface area (Å²) in [7, 11) is 0. The molecule has 2 amide bonds. The molecule has 0 bridgehead atoms. The first-order valence-electron chi connectivity index (χ1n) is 16.0. The van der Waals surface area contributed by atoms with Crippen LogP contribution in [0.1, 0.15) is 55.5 Å². The molecule has 1 aliphatic heterocycles. The zero-order valence-electron chi connectivity index (χ0n) is 26.6. The van der Waals surface area contributed by atoms with Crippen molar-refractivity contribution in [2.24, 2.45) is 5.92 Å². The number of amides is 2. The highest BCUT2D eigenvalue weighted by Gasteiger charge is 2.37. The lowest BCUT2D eigenvalue weighted by Gasteiger charge is -2.42. The second-order valence-corrected chi connectivity index (χ2v) is 13.6. The molecule has 0 spiro atoms. The van der Waals surface area contributed by atoms with E-state index in [9.17, 15) is 19.8 Å². The van der Waals surface area contributed by atoms with Crippen molar-refractivity contribution in [1.29, 1.82) is 0 Å². The summed E-state index contributed by atoms with van der Waals surface area (Å²) < 4.78 is 0. The van der Waals surface area contributed by atoms with E-state index in [2.05, 4.69) is 25.4 Å². The lowest BCUT2D eigenvalue weighted by atomic mass is 9.91. The Morgan fingerprint density at radius 2 is 1.73 bits per heavy atom. The van der Waals surface area contributed by atoms with Gasteiger partial charge in [0, 0.05) is 63.0 Å². The number of pyridine rings is 1. The van der Waals surface area contributed by atoms with Crippen molar-refractivity contribution in [3.63, 3.8) is 0 Å². The fourth-order valence-corrected chi connectivity index (χ4v) is 6.56. The second-order valence-electron chi connectivity index (χ2n) is 13.6. The van der Waals surface area contributed by atoms with Gasteiger partial charge in [-0.05, 0) is 61.9 Å². The van der Waals surface area contributed by atoms with Crippen LogP contribution in [0.2, 0.25) is 0 Å². The summed E-state index contributed by atoms with van der Waals surface area (Å²) in [5.41, 5.74) is 3.68. The molecule has 4 N–H and O–H groups in total. The molecular weight excluding hydrogens is 566 g/mol. The topological polar surface area (TPSA) is 118 Å². The molecule has 45 heavy (non-hydrogen) atoms. The smallest absolute Gasteiger partial charge is 0.239 e. The summed E-state index contributed by atoms with van der Waals surface area (Å²) in [6, 6.07) is 20.6. The highest BCUT2D eigenvalue weighted by Crippen LogP contribution is 2.32. The predicted molar refractivity (Wildman–Crippen MR) is 174 cm³/mol. The van der Waals surface area contributed by atoms with Crippen LogP contribution in [0.15, 0.2) is 79.1 Å².